The van der Waals surface area contributed by atoms with Gasteiger partial charge >= 0.3 is 0 Å². The maximum atomic E-state index is 5.42. The summed E-state index contributed by atoms with van der Waals surface area (Å²) in [5, 5.41) is 6.55. The lowest BCUT2D eigenvalue weighted by molar-refractivity contribution is 0.324. The minimum Gasteiger partial charge on any atom is -0.493 e. The molecule has 0 saturated carbocycles. The summed E-state index contributed by atoms with van der Waals surface area (Å²) in [6.07, 6.45) is 3.17. The van der Waals surface area contributed by atoms with Crippen LogP contribution in [0.4, 0.5) is 23.1 Å². The Balaban J connectivity index is 1.66. The van der Waals surface area contributed by atoms with Gasteiger partial charge < -0.3 is 24.8 Å². The normalized spacial score (nSPS) is 10.4. The van der Waals surface area contributed by atoms with Crippen LogP contribution in [0.15, 0.2) is 61.1 Å². The van der Waals surface area contributed by atoms with Crippen LogP contribution in [0.3, 0.4) is 0 Å². The molecule has 9 nitrogen and oxygen atoms in total. The highest BCUT2D eigenvalue weighted by Gasteiger charge is 2.15. The number of ether oxygens (including phenoxy) is 3. The molecule has 0 unspecified atom stereocenters. The predicted octanol–water partition coefficient (Wildman–Crippen LogP) is 4.76. The lowest BCUT2D eigenvalue weighted by Crippen LogP contribution is -2.03. The van der Waals surface area contributed by atoms with Crippen LogP contribution >= 0.6 is 0 Å². The van der Waals surface area contributed by atoms with Crippen molar-refractivity contribution in [3.05, 3.63) is 66.6 Å². The summed E-state index contributed by atoms with van der Waals surface area (Å²) in [6, 6.07) is 15.3. The second-order valence-corrected chi connectivity index (χ2v) is 7.01. The minimum absolute atomic E-state index is 0.361. The number of hydrogen-bond acceptors (Lipinski definition) is 9. The van der Waals surface area contributed by atoms with Crippen LogP contribution in [-0.2, 0) is 0 Å². The van der Waals surface area contributed by atoms with Crippen molar-refractivity contribution < 1.29 is 14.2 Å². The third-order valence-corrected chi connectivity index (χ3v) is 4.94. The van der Waals surface area contributed by atoms with Crippen molar-refractivity contribution in [3.8, 4) is 28.6 Å². The molecule has 0 aliphatic heterocycles. The van der Waals surface area contributed by atoms with Crippen LogP contribution in [0.5, 0.6) is 17.2 Å². The van der Waals surface area contributed by atoms with Crippen molar-refractivity contribution in [2.75, 3.05) is 32.0 Å². The van der Waals surface area contributed by atoms with Gasteiger partial charge in [-0.25, -0.2) is 15.0 Å². The van der Waals surface area contributed by atoms with E-state index < -0.39 is 0 Å². The van der Waals surface area contributed by atoms with Crippen molar-refractivity contribution in [3.63, 3.8) is 0 Å². The fourth-order valence-electron chi connectivity index (χ4n) is 3.29. The van der Waals surface area contributed by atoms with Crippen molar-refractivity contribution in [2.45, 2.75) is 6.92 Å². The summed E-state index contributed by atoms with van der Waals surface area (Å²) in [6.45, 7) is 2.04. The SMILES string of the molecule is COc1cc(Nc2ncnc(-c3cccnc3Nc3ccccc3C)n2)cc(OC)c1OC. The first-order valence-corrected chi connectivity index (χ1v) is 10.2. The molecule has 2 heterocycles. The Hall–Kier alpha value is -4.40. The molecule has 2 aromatic heterocycles. The molecule has 0 radical (unpaired) electrons. The number of aryl methyl sites for hydroxylation is 1. The zero-order chi connectivity index (χ0) is 23.2. The van der Waals surface area contributed by atoms with E-state index in [0.29, 0.717) is 40.5 Å². The first kappa shape index (κ1) is 21.8. The highest BCUT2D eigenvalue weighted by molar-refractivity contribution is 5.75. The van der Waals surface area contributed by atoms with Crippen LogP contribution in [0, 0.1) is 6.92 Å². The number of pyridine rings is 1. The topological polar surface area (TPSA) is 103 Å². The number of anilines is 4. The van der Waals surface area contributed by atoms with Crippen LogP contribution in [0.1, 0.15) is 5.56 Å². The Bertz CT molecular complexity index is 1240. The van der Waals surface area contributed by atoms with Gasteiger partial charge in [0.1, 0.15) is 12.1 Å². The summed E-state index contributed by atoms with van der Waals surface area (Å²) in [4.78, 5) is 17.7. The number of benzene rings is 2. The second kappa shape index (κ2) is 9.82. The van der Waals surface area contributed by atoms with Crippen molar-refractivity contribution >= 4 is 23.1 Å². The first-order valence-electron chi connectivity index (χ1n) is 10.2. The molecule has 0 amide bonds. The number of nitrogens with zero attached hydrogens (tertiary/aromatic N) is 4. The smallest absolute Gasteiger partial charge is 0.230 e. The maximum Gasteiger partial charge on any atom is 0.230 e. The molecular formula is C24H24N6O3. The molecule has 0 saturated heterocycles. The largest absolute Gasteiger partial charge is 0.493 e. The van der Waals surface area contributed by atoms with Crippen LogP contribution in [-0.4, -0.2) is 41.3 Å². The average molecular weight is 444 g/mol. The summed E-state index contributed by atoms with van der Waals surface area (Å²) >= 11 is 0. The molecule has 0 spiro atoms. The highest BCUT2D eigenvalue weighted by atomic mass is 16.5. The standard InChI is InChI=1S/C24H24N6O3/c1-15-8-5-6-10-18(15)29-22-17(9-7-11-25-22)23-26-14-27-24(30-23)28-16-12-19(31-2)21(33-4)20(13-16)32-3/h5-14H,1-4H3,(H,25,29)(H,26,27,28,30). The second-order valence-electron chi connectivity index (χ2n) is 7.01. The van der Waals surface area contributed by atoms with E-state index >= 15 is 0 Å². The third-order valence-electron chi connectivity index (χ3n) is 4.94. The minimum atomic E-state index is 0.361. The van der Waals surface area contributed by atoms with E-state index in [1.54, 1.807) is 39.7 Å². The quantitative estimate of drug-likeness (QED) is 0.398. The number of nitrogens with one attached hydrogen (secondary N) is 2. The molecule has 0 aliphatic rings. The monoisotopic (exact) mass is 444 g/mol. The van der Waals surface area contributed by atoms with Gasteiger partial charge in [-0.1, -0.05) is 18.2 Å². The van der Waals surface area contributed by atoms with Gasteiger partial charge in [-0.3, -0.25) is 0 Å². The van der Waals surface area contributed by atoms with Gasteiger partial charge in [0.15, 0.2) is 17.3 Å². The van der Waals surface area contributed by atoms with Crippen molar-refractivity contribution in [1.82, 2.24) is 19.9 Å². The molecule has 2 N–H and O–H groups in total. The van der Waals surface area contributed by atoms with Gasteiger partial charge in [0.05, 0.1) is 26.9 Å². The number of aromatic nitrogens is 4. The summed E-state index contributed by atoms with van der Waals surface area (Å²) in [7, 11) is 4.68. The van der Waals surface area contributed by atoms with Gasteiger partial charge in [-0.15, -0.1) is 0 Å². The lowest BCUT2D eigenvalue weighted by atomic mass is 10.2. The number of para-hydroxylation sites is 1. The summed E-state index contributed by atoms with van der Waals surface area (Å²) < 4.78 is 16.2. The Kier molecular flexibility index (Phi) is 6.49. The van der Waals surface area contributed by atoms with Gasteiger partial charge in [0.2, 0.25) is 11.7 Å². The van der Waals surface area contributed by atoms with Crippen molar-refractivity contribution in [2.24, 2.45) is 0 Å². The summed E-state index contributed by atoms with van der Waals surface area (Å²) in [5.74, 6) is 3.03. The molecule has 0 bridgehead atoms. The number of methoxy groups -OCH3 is 3. The first-order chi connectivity index (χ1) is 16.1. The Morgan fingerprint density at radius 2 is 1.55 bits per heavy atom. The molecule has 168 valence electrons. The Labute approximate surface area is 191 Å². The van der Waals surface area contributed by atoms with Gasteiger partial charge in [0, 0.05) is 29.7 Å². The average Bonchev–Trinajstić information content (AvgIpc) is 2.85. The predicted molar refractivity (Wildman–Crippen MR) is 127 cm³/mol. The van der Waals surface area contributed by atoms with Crippen molar-refractivity contribution in [1.29, 1.82) is 0 Å². The number of hydrogen-bond donors (Lipinski definition) is 2. The molecule has 9 heteroatoms. The van der Waals surface area contributed by atoms with Crippen LogP contribution < -0.4 is 24.8 Å². The van der Waals surface area contributed by atoms with E-state index in [2.05, 4.69) is 30.6 Å². The van der Waals surface area contributed by atoms with Gasteiger partial charge in [0.25, 0.3) is 0 Å². The molecule has 0 aliphatic carbocycles. The van der Waals surface area contributed by atoms with E-state index in [1.165, 1.54) is 6.33 Å². The van der Waals surface area contributed by atoms with E-state index in [-0.39, 0.29) is 0 Å². The molecule has 0 atom stereocenters. The zero-order valence-electron chi connectivity index (χ0n) is 18.8. The Morgan fingerprint density at radius 3 is 2.24 bits per heavy atom. The molecule has 0 fully saturated rings. The van der Waals surface area contributed by atoms with E-state index in [0.717, 1.165) is 16.8 Å². The molecular weight excluding hydrogens is 420 g/mol. The third kappa shape index (κ3) is 4.77. The van der Waals surface area contributed by atoms with E-state index in [9.17, 15) is 0 Å². The molecule has 4 rings (SSSR count). The maximum absolute atomic E-state index is 5.42. The van der Waals surface area contributed by atoms with E-state index in [1.807, 2.05) is 43.3 Å². The molecule has 33 heavy (non-hydrogen) atoms. The van der Waals surface area contributed by atoms with Gasteiger partial charge in [-0.05, 0) is 30.7 Å². The number of rotatable bonds is 8. The van der Waals surface area contributed by atoms with E-state index in [4.69, 9.17) is 14.2 Å². The lowest BCUT2D eigenvalue weighted by Gasteiger charge is -2.15. The van der Waals surface area contributed by atoms with Crippen LogP contribution in [0.25, 0.3) is 11.4 Å². The van der Waals surface area contributed by atoms with Crippen LogP contribution in [0.2, 0.25) is 0 Å². The summed E-state index contributed by atoms with van der Waals surface area (Å²) in [5.41, 5.74) is 3.49. The molecule has 4 aromatic rings. The fourth-order valence-corrected chi connectivity index (χ4v) is 3.29. The fraction of sp³-hybridized carbons (Fsp3) is 0.167. The highest BCUT2D eigenvalue weighted by Crippen LogP contribution is 2.40. The molecule has 2 aromatic carbocycles. The van der Waals surface area contributed by atoms with Gasteiger partial charge in [-0.2, -0.15) is 4.98 Å². The Morgan fingerprint density at radius 1 is 0.788 bits per heavy atom. The zero-order valence-corrected chi connectivity index (χ0v) is 18.8.